The highest BCUT2D eigenvalue weighted by atomic mass is 79.9. The van der Waals surface area contributed by atoms with Gasteiger partial charge in [0.15, 0.2) is 0 Å². The molecule has 0 aliphatic heterocycles. The van der Waals surface area contributed by atoms with Gasteiger partial charge in [0.05, 0.1) is 5.69 Å². The first-order valence-electron chi connectivity index (χ1n) is 2.62. The molecule has 1 aromatic rings. The molecule has 0 aliphatic carbocycles. The molecule has 0 aromatic heterocycles. The molecule has 0 spiro atoms. The third kappa shape index (κ3) is 1.33. The van der Waals surface area contributed by atoms with Gasteiger partial charge in [-0.1, -0.05) is 15.9 Å². The summed E-state index contributed by atoms with van der Waals surface area (Å²) in [7, 11) is 0. The number of nitrogens with zero attached hydrogens (tertiary/aromatic N) is 1. The maximum absolute atomic E-state index is 10.0. The number of rotatable bonds is 1. The van der Waals surface area contributed by atoms with E-state index in [9.17, 15) is 4.91 Å². The van der Waals surface area contributed by atoms with Crippen molar-refractivity contribution in [3.63, 3.8) is 0 Å². The van der Waals surface area contributed by atoms with Crippen LogP contribution in [0.4, 0.5) is 11.4 Å². The lowest BCUT2D eigenvalue weighted by molar-refractivity contribution is 1.48. The summed E-state index contributed by atoms with van der Waals surface area (Å²) in [5, 5.41) is 2.73. The number of anilines is 1. The molecule has 0 saturated heterocycles. The number of nitrogen functional groups attached to an aromatic ring is 1. The van der Waals surface area contributed by atoms with Gasteiger partial charge in [-0.25, -0.2) is 0 Å². The van der Waals surface area contributed by atoms with Crippen molar-refractivity contribution in [1.82, 2.24) is 0 Å². The molecule has 0 saturated carbocycles. The molecule has 0 atom stereocenters. The van der Waals surface area contributed by atoms with Gasteiger partial charge < -0.3 is 5.73 Å². The van der Waals surface area contributed by atoms with Crippen LogP contribution in [-0.4, -0.2) is 0 Å². The first-order chi connectivity index (χ1) is 4.74. The predicted molar refractivity (Wildman–Crippen MR) is 44.0 cm³/mol. The van der Waals surface area contributed by atoms with E-state index in [1.807, 2.05) is 0 Å². The normalized spacial score (nSPS) is 9.30. The lowest BCUT2D eigenvalue weighted by atomic mass is 10.3. The number of hydrogen-bond acceptors (Lipinski definition) is 3. The Bertz CT molecular complexity index is 262. The van der Waals surface area contributed by atoms with Gasteiger partial charge in [0.1, 0.15) is 5.69 Å². The van der Waals surface area contributed by atoms with Gasteiger partial charge in [0.2, 0.25) is 0 Å². The fourth-order valence-corrected chi connectivity index (χ4v) is 0.945. The first-order valence-corrected chi connectivity index (χ1v) is 3.41. The van der Waals surface area contributed by atoms with Gasteiger partial charge in [0.25, 0.3) is 0 Å². The standard InChI is InChI=1S/C6H5BrN2O/c7-4-1-2-5(8)6(3-4)9-10/h1-3H,8H2. The molecule has 0 fully saturated rings. The van der Waals surface area contributed by atoms with Gasteiger partial charge in [-0.2, -0.15) is 0 Å². The molecule has 1 rings (SSSR count). The van der Waals surface area contributed by atoms with Gasteiger partial charge in [-0.05, 0) is 23.4 Å². The van der Waals surface area contributed by atoms with Crippen LogP contribution in [-0.2, 0) is 0 Å². The molecule has 0 radical (unpaired) electrons. The maximum atomic E-state index is 10.0. The molecule has 1 aromatic carbocycles. The molecule has 10 heavy (non-hydrogen) atoms. The van der Waals surface area contributed by atoms with Crippen molar-refractivity contribution >= 4 is 27.3 Å². The maximum Gasteiger partial charge on any atom is 0.131 e. The Kier molecular flexibility index (Phi) is 2.01. The summed E-state index contributed by atoms with van der Waals surface area (Å²) in [5.41, 5.74) is 6.06. The van der Waals surface area contributed by atoms with Crippen LogP contribution in [0, 0.1) is 4.91 Å². The number of benzene rings is 1. The number of hydrogen-bond donors (Lipinski definition) is 1. The molecule has 0 heterocycles. The van der Waals surface area contributed by atoms with E-state index < -0.39 is 0 Å². The fourth-order valence-electron chi connectivity index (χ4n) is 0.596. The van der Waals surface area contributed by atoms with Crippen molar-refractivity contribution in [3.8, 4) is 0 Å². The summed E-state index contributed by atoms with van der Waals surface area (Å²) in [6.45, 7) is 0. The summed E-state index contributed by atoms with van der Waals surface area (Å²) in [5.74, 6) is 0. The molecule has 0 amide bonds. The van der Waals surface area contributed by atoms with Gasteiger partial charge in [-0.15, -0.1) is 4.91 Å². The number of halogens is 1. The minimum atomic E-state index is 0.273. The molecule has 2 N–H and O–H groups in total. The van der Waals surface area contributed by atoms with Gasteiger partial charge >= 0.3 is 0 Å². The average molecular weight is 201 g/mol. The van der Waals surface area contributed by atoms with Crippen LogP contribution < -0.4 is 5.73 Å². The highest BCUT2D eigenvalue weighted by Crippen LogP contribution is 2.25. The topological polar surface area (TPSA) is 55.4 Å². The Labute approximate surface area is 66.3 Å². The van der Waals surface area contributed by atoms with Crippen molar-refractivity contribution in [2.45, 2.75) is 0 Å². The highest BCUT2D eigenvalue weighted by Gasteiger charge is 1.97. The SMILES string of the molecule is Nc1ccc(Br)cc1N=O. The summed E-state index contributed by atoms with van der Waals surface area (Å²) in [4.78, 5) is 10.0. The Morgan fingerprint density at radius 3 is 2.70 bits per heavy atom. The smallest absolute Gasteiger partial charge is 0.131 e. The molecular weight excluding hydrogens is 196 g/mol. The van der Waals surface area contributed by atoms with Crippen LogP contribution in [0.15, 0.2) is 27.8 Å². The van der Waals surface area contributed by atoms with Crippen LogP contribution in [0.25, 0.3) is 0 Å². The van der Waals surface area contributed by atoms with Crippen LogP contribution >= 0.6 is 15.9 Å². The van der Waals surface area contributed by atoms with E-state index in [0.717, 1.165) is 4.47 Å². The second kappa shape index (κ2) is 2.79. The Morgan fingerprint density at radius 2 is 2.20 bits per heavy atom. The highest BCUT2D eigenvalue weighted by molar-refractivity contribution is 9.10. The summed E-state index contributed by atoms with van der Waals surface area (Å²) >= 11 is 3.18. The molecular formula is C6H5BrN2O. The lowest BCUT2D eigenvalue weighted by Crippen LogP contribution is -1.83. The van der Waals surface area contributed by atoms with E-state index in [0.29, 0.717) is 5.69 Å². The van der Waals surface area contributed by atoms with Crippen molar-refractivity contribution in [2.24, 2.45) is 5.18 Å². The van der Waals surface area contributed by atoms with E-state index in [4.69, 9.17) is 5.73 Å². The van der Waals surface area contributed by atoms with E-state index in [-0.39, 0.29) is 5.69 Å². The molecule has 0 unspecified atom stereocenters. The van der Waals surface area contributed by atoms with Crippen LogP contribution in [0.1, 0.15) is 0 Å². The van der Waals surface area contributed by atoms with E-state index in [1.54, 1.807) is 18.2 Å². The van der Waals surface area contributed by atoms with Crippen molar-refractivity contribution in [2.75, 3.05) is 5.73 Å². The fraction of sp³-hybridized carbons (Fsp3) is 0. The van der Waals surface area contributed by atoms with Crippen LogP contribution in [0.3, 0.4) is 0 Å². The largest absolute Gasteiger partial charge is 0.397 e. The number of nitroso groups, excluding NO2 is 1. The molecule has 3 nitrogen and oxygen atoms in total. The Morgan fingerprint density at radius 1 is 1.50 bits per heavy atom. The quantitative estimate of drug-likeness (QED) is 0.560. The van der Waals surface area contributed by atoms with E-state index >= 15 is 0 Å². The zero-order chi connectivity index (χ0) is 7.56. The van der Waals surface area contributed by atoms with Crippen molar-refractivity contribution in [3.05, 3.63) is 27.6 Å². The summed E-state index contributed by atoms with van der Waals surface area (Å²) in [6.07, 6.45) is 0. The van der Waals surface area contributed by atoms with Crippen LogP contribution in [0.2, 0.25) is 0 Å². The third-order valence-corrected chi connectivity index (χ3v) is 1.58. The minimum absolute atomic E-state index is 0.273. The van der Waals surface area contributed by atoms with E-state index in [1.165, 1.54) is 0 Å². The molecule has 0 aliphatic rings. The monoisotopic (exact) mass is 200 g/mol. The second-order valence-electron chi connectivity index (χ2n) is 1.79. The van der Waals surface area contributed by atoms with Gasteiger partial charge in [0, 0.05) is 4.47 Å². The van der Waals surface area contributed by atoms with Crippen LogP contribution in [0.5, 0.6) is 0 Å². The lowest BCUT2D eigenvalue weighted by Gasteiger charge is -1.94. The predicted octanol–water partition coefficient (Wildman–Crippen LogP) is 2.43. The Hall–Kier alpha value is -0.900. The first kappa shape index (κ1) is 7.21. The molecule has 0 bridgehead atoms. The van der Waals surface area contributed by atoms with Crippen molar-refractivity contribution in [1.29, 1.82) is 0 Å². The number of nitrogens with two attached hydrogens (primary N) is 1. The molecule has 52 valence electrons. The third-order valence-electron chi connectivity index (χ3n) is 1.09. The van der Waals surface area contributed by atoms with E-state index in [2.05, 4.69) is 21.1 Å². The van der Waals surface area contributed by atoms with Gasteiger partial charge in [-0.3, -0.25) is 0 Å². The zero-order valence-corrected chi connectivity index (χ0v) is 6.63. The zero-order valence-electron chi connectivity index (χ0n) is 5.04. The summed E-state index contributed by atoms with van der Waals surface area (Å²) < 4.78 is 0.802. The minimum Gasteiger partial charge on any atom is -0.397 e. The second-order valence-corrected chi connectivity index (χ2v) is 2.71. The molecule has 4 heteroatoms. The summed E-state index contributed by atoms with van der Waals surface area (Å²) in [6, 6.07) is 4.95. The average Bonchev–Trinajstić information content (AvgIpc) is 1.94. The Balaban J connectivity index is 3.21. The van der Waals surface area contributed by atoms with Crippen molar-refractivity contribution < 1.29 is 0 Å².